The Morgan fingerprint density at radius 1 is 1.33 bits per heavy atom. The molecule has 1 unspecified atom stereocenters. The van der Waals surface area contributed by atoms with E-state index in [4.69, 9.17) is 4.42 Å². The number of hydrogen-bond donors (Lipinski definition) is 0. The third-order valence-electron chi connectivity index (χ3n) is 2.08. The molecule has 0 fully saturated rings. The van der Waals surface area contributed by atoms with E-state index in [2.05, 4.69) is 15.9 Å². The van der Waals surface area contributed by atoms with Gasteiger partial charge in [-0.2, -0.15) is 0 Å². The molecule has 0 aliphatic carbocycles. The highest BCUT2D eigenvalue weighted by atomic mass is 79.9. The number of halogens is 1. The van der Waals surface area contributed by atoms with Crippen LogP contribution >= 0.6 is 15.9 Å². The summed E-state index contributed by atoms with van der Waals surface area (Å²) in [4.78, 5) is 21.4. The number of aldehydes is 1. The third-order valence-corrected chi connectivity index (χ3v) is 2.79. The lowest BCUT2D eigenvalue weighted by Gasteiger charge is -2.02. The fourth-order valence-corrected chi connectivity index (χ4v) is 1.66. The third kappa shape index (κ3) is 1.85. The molecule has 0 spiro atoms. The first-order valence-electron chi connectivity index (χ1n) is 4.34. The molecule has 1 aromatic carbocycles. The normalized spacial score (nSPS) is 12.6. The van der Waals surface area contributed by atoms with Crippen LogP contribution in [0, 0.1) is 0 Å². The Hall–Kier alpha value is -1.42. The largest absolute Gasteiger partial charge is 0.422 e. The highest BCUT2D eigenvalue weighted by Gasteiger charge is 2.12. The van der Waals surface area contributed by atoms with Gasteiger partial charge in [0, 0.05) is 5.39 Å². The van der Waals surface area contributed by atoms with E-state index in [0.29, 0.717) is 17.4 Å². The minimum Gasteiger partial charge on any atom is -0.422 e. The Kier molecular flexibility index (Phi) is 2.68. The molecule has 3 nitrogen and oxygen atoms in total. The zero-order valence-electron chi connectivity index (χ0n) is 7.64. The van der Waals surface area contributed by atoms with Gasteiger partial charge in [0.1, 0.15) is 16.7 Å². The van der Waals surface area contributed by atoms with Crippen LogP contribution in [0.1, 0.15) is 10.4 Å². The Morgan fingerprint density at radius 3 is 2.80 bits per heavy atom. The van der Waals surface area contributed by atoms with Gasteiger partial charge in [-0.05, 0) is 12.1 Å². The standard InChI is InChI=1S/C11H7BrO3/c12-9(6-13)8-5-7-3-1-2-4-10(7)15-11(8)14/h1-6,9H. The molecule has 15 heavy (non-hydrogen) atoms. The summed E-state index contributed by atoms with van der Waals surface area (Å²) in [6.45, 7) is 0. The van der Waals surface area contributed by atoms with Gasteiger partial charge in [-0.25, -0.2) is 4.79 Å². The Balaban J connectivity index is 2.72. The van der Waals surface area contributed by atoms with Gasteiger partial charge < -0.3 is 9.21 Å². The van der Waals surface area contributed by atoms with E-state index in [9.17, 15) is 9.59 Å². The van der Waals surface area contributed by atoms with E-state index in [-0.39, 0.29) is 0 Å². The van der Waals surface area contributed by atoms with Gasteiger partial charge in [-0.3, -0.25) is 0 Å². The highest BCUT2D eigenvalue weighted by Crippen LogP contribution is 2.20. The first-order chi connectivity index (χ1) is 7.22. The molecule has 2 aromatic rings. The SMILES string of the molecule is O=CC(Br)c1cc2ccccc2oc1=O. The van der Waals surface area contributed by atoms with Crippen molar-refractivity contribution < 1.29 is 9.21 Å². The second-order valence-corrected chi connectivity index (χ2v) is 4.05. The lowest BCUT2D eigenvalue weighted by molar-refractivity contribution is -0.107. The number of hydrogen-bond acceptors (Lipinski definition) is 3. The van der Waals surface area contributed by atoms with Crippen LogP contribution in [0.4, 0.5) is 0 Å². The van der Waals surface area contributed by atoms with Crippen molar-refractivity contribution in [3.8, 4) is 0 Å². The van der Waals surface area contributed by atoms with Crippen molar-refractivity contribution in [2.24, 2.45) is 0 Å². The molecule has 0 N–H and O–H groups in total. The summed E-state index contributed by atoms with van der Waals surface area (Å²) < 4.78 is 5.07. The average Bonchev–Trinajstić information content (AvgIpc) is 2.27. The monoisotopic (exact) mass is 266 g/mol. The maximum Gasteiger partial charge on any atom is 0.341 e. The minimum atomic E-state index is -0.613. The Labute approximate surface area is 93.8 Å². The van der Waals surface area contributed by atoms with Gasteiger partial charge in [-0.15, -0.1) is 0 Å². The number of para-hydroxylation sites is 1. The molecule has 1 heterocycles. The maximum absolute atomic E-state index is 11.5. The van der Waals surface area contributed by atoms with Crippen LogP contribution in [-0.4, -0.2) is 6.29 Å². The summed E-state index contributed by atoms with van der Waals surface area (Å²) >= 11 is 3.09. The van der Waals surface area contributed by atoms with Crippen molar-refractivity contribution in [3.05, 3.63) is 46.3 Å². The van der Waals surface area contributed by atoms with E-state index in [1.807, 2.05) is 12.1 Å². The molecule has 1 aromatic heterocycles. The zero-order valence-corrected chi connectivity index (χ0v) is 9.23. The molecule has 0 amide bonds. The summed E-state index contributed by atoms with van der Waals surface area (Å²) in [5, 5.41) is 0.804. The average molecular weight is 267 g/mol. The fourth-order valence-electron chi connectivity index (χ4n) is 1.34. The molecular formula is C11H7BrO3. The molecule has 0 aliphatic rings. The topological polar surface area (TPSA) is 47.3 Å². The molecule has 0 saturated carbocycles. The Bertz CT molecular complexity index is 559. The predicted octanol–water partition coefficient (Wildman–Crippen LogP) is 2.43. The van der Waals surface area contributed by atoms with Crippen LogP contribution < -0.4 is 5.63 Å². The number of rotatable bonds is 2. The first kappa shape index (κ1) is 10.1. The van der Waals surface area contributed by atoms with E-state index in [0.717, 1.165) is 5.39 Å². The lowest BCUT2D eigenvalue weighted by Crippen LogP contribution is -2.09. The summed E-state index contributed by atoms with van der Waals surface area (Å²) in [5.41, 5.74) is 0.364. The lowest BCUT2D eigenvalue weighted by atomic mass is 10.1. The molecule has 0 bridgehead atoms. The number of fused-ring (bicyclic) bond motifs is 1. The van der Waals surface area contributed by atoms with Gasteiger partial charge in [0.25, 0.3) is 0 Å². The molecular weight excluding hydrogens is 260 g/mol. The molecule has 76 valence electrons. The number of carbonyl (C=O) groups is 1. The van der Waals surface area contributed by atoms with E-state index < -0.39 is 10.5 Å². The van der Waals surface area contributed by atoms with Crippen LogP contribution in [0.3, 0.4) is 0 Å². The van der Waals surface area contributed by atoms with Crippen LogP contribution in [0.2, 0.25) is 0 Å². The highest BCUT2D eigenvalue weighted by molar-refractivity contribution is 9.09. The molecule has 0 saturated heterocycles. The minimum absolute atomic E-state index is 0.323. The van der Waals surface area contributed by atoms with Crippen LogP contribution in [0.25, 0.3) is 11.0 Å². The summed E-state index contributed by atoms with van der Waals surface area (Å²) in [6, 6.07) is 8.83. The summed E-state index contributed by atoms with van der Waals surface area (Å²) in [5.74, 6) is 0. The van der Waals surface area contributed by atoms with Crippen LogP contribution in [0.5, 0.6) is 0 Å². The smallest absolute Gasteiger partial charge is 0.341 e. The predicted molar refractivity (Wildman–Crippen MR) is 60.2 cm³/mol. The van der Waals surface area contributed by atoms with Crippen molar-refractivity contribution >= 4 is 33.2 Å². The second kappa shape index (κ2) is 3.98. The zero-order chi connectivity index (χ0) is 10.8. The van der Waals surface area contributed by atoms with Gasteiger partial charge in [-0.1, -0.05) is 34.1 Å². The second-order valence-electron chi connectivity index (χ2n) is 3.06. The fraction of sp³-hybridized carbons (Fsp3) is 0.0909. The number of carbonyl (C=O) groups excluding carboxylic acids is 1. The number of alkyl halides is 1. The van der Waals surface area contributed by atoms with Gasteiger partial charge in [0.15, 0.2) is 0 Å². The van der Waals surface area contributed by atoms with Gasteiger partial charge in [0.2, 0.25) is 0 Å². The first-order valence-corrected chi connectivity index (χ1v) is 5.26. The summed E-state index contributed by atoms with van der Waals surface area (Å²) in [6.07, 6.45) is 0.654. The van der Waals surface area contributed by atoms with Gasteiger partial charge >= 0.3 is 5.63 Å². The Morgan fingerprint density at radius 2 is 2.07 bits per heavy atom. The van der Waals surface area contributed by atoms with Crippen molar-refractivity contribution in [1.29, 1.82) is 0 Å². The van der Waals surface area contributed by atoms with E-state index in [1.54, 1.807) is 18.2 Å². The molecule has 0 aliphatic heterocycles. The molecule has 0 radical (unpaired) electrons. The van der Waals surface area contributed by atoms with Crippen LogP contribution in [-0.2, 0) is 4.79 Å². The number of benzene rings is 1. The van der Waals surface area contributed by atoms with Crippen molar-refractivity contribution in [2.75, 3.05) is 0 Å². The maximum atomic E-state index is 11.5. The van der Waals surface area contributed by atoms with Crippen molar-refractivity contribution in [1.82, 2.24) is 0 Å². The molecule has 4 heteroatoms. The van der Waals surface area contributed by atoms with Crippen molar-refractivity contribution in [3.63, 3.8) is 0 Å². The molecule has 2 rings (SSSR count). The van der Waals surface area contributed by atoms with E-state index in [1.165, 1.54) is 0 Å². The van der Waals surface area contributed by atoms with Crippen LogP contribution in [0.15, 0.2) is 39.5 Å². The van der Waals surface area contributed by atoms with Gasteiger partial charge in [0.05, 0.1) is 5.56 Å². The van der Waals surface area contributed by atoms with E-state index >= 15 is 0 Å². The summed E-state index contributed by atoms with van der Waals surface area (Å²) in [7, 11) is 0. The quantitative estimate of drug-likeness (QED) is 0.477. The van der Waals surface area contributed by atoms with Crippen molar-refractivity contribution in [2.45, 2.75) is 4.83 Å². The molecule has 1 atom stereocenters.